The average Bonchev–Trinajstić information content (AvgIpc) is 2.01. The lowest BCUT2D eigenvalue weighted by molar-refractivity contribution is 0.381. The van der Waals surface area contributed by atoms with Crippen molar-refractivity contribution in [3.63, 3.8) is 0 Å². The minimum atomic E-state index is -4.67. The van der Waals surface area contributed by atoms with Crippen molar-refractivity contribution >= 4 is 47.9 Å². The van der Waals surface area contributed by atoms with Gasteiger partial charge in [-0.25, -0.2) is 0 Å². The molecule has 86 valence electrons. The molecule has 0 atom stereocenters. The summed E-state index contributed by atoms with van der Waals surface area (Å²) in [6, 6.07) is 5.76. The van der Waals surface area contributed by atoms with Crippen LogP contribution >= 0.6 is 31.9 Å². The third-order valence-corrected chi connectivity index (χ3v) is 2.43. The van der Waals surface area contributed by atoms with Crippen molar-refractivity contribution in [2.24, 2.45) is 5.84 Å². The second-order valence-corrected chi connectivity index (χ2v) is 4.79. The third kappa shape index (κ3) is 7.71. The van der Waals surface area contributed by atoms with Crippen molar-refractivity contribution in [1.29, 1.82) is 0 Å². The highest BCUT2D eigenvalue weighted by molar-refractivity contribution is 9.11. The first-order chi connectivity index (χ1) is 6.75. The summed E-state index contributed by atoms with van der Waals surface area (Å²) in [5, 5.41) is 0. The van der Waals surface area contributed by atoms with Crippen molar-refractivity contribution in [2.45, 2.75) is 0 Å². The Morgan fingerprint density at radius 2 is 1.53 bits per heavy atom. The molecule has 0 aliphatic rings. The number of nitrogen functional groups attached to an aromatic ring is 1. The van der Waals surface area contributed by atoms with Crippen molar-refractivity contribution in [3.8, 4) is 0 Å². The predicted molar refractivity (Wildman–Crippen MR) is 63.8 cm³/mol. The Hall–Kier alpha value is -0.190. The molecule has 1 aromatic carbocycles. The zero-order chi connectivity index (χ0) is 12.1. The van der Waals surface area contributed by atoms with E-state index in [0.717, 1.165) is 14.6 Å². The average molecular weight is 364 g/mol. The molecule has 0 saturated heterocycles. The monoisotopic (exact) mass is 362 g/mol. The van der Waals surface area contributed by atoms with Gasteiger partial charge in [-0.1, -0.05) is 6.07 Å². The lowest BCUT2D eigenvalue weighted by Crippen LogP contribution is -2.07. The van der Waals surface area contributed by atoms with Crippen LogP contribution in [-0.4, -0.2) is 17.5 Å². The molecule has 0 aliphatic carbocycles. The van der Waals surface area contributed by atoms with E-state index in [1.165, 1.54) is 0 Å². The molecule has 6 nitrogen and oxygen atoms in total. The highest BCUT2D eigenvalue weighted by Gasteiger charge is 1.99. The first-order valence-electron chi connectivity index (χ1n) is 3.36. The zero-order valence-corrected chi connectivity index (χ0v) is 11.2. The highest BCUT2D eigenvalue weighted by Crippen LogP contribution is 2.29. The molecule has 0 heterocycles. The van der Waals surface area contributed by atoms with E-state index in [4.69, 9.17) is 23.4 Å². The van der Waals surface area contributed by atoms with Gasteiger partial charge in [0.05, 0.1) is 5.69 Å². The summed E-state index contributed by atoms with van der Waals surface area (Å²) in [4.78, 5) is 0. The second-order valence-electron chi connectivity index (χ2n) is 2.19. The minimum Gasteiger partial charge on any atom is -0.322 e. The molecular formula is C6H8Br2N2O4S. The van der Waals surface area contributed by atoms with Crippen LogP contribution < -0.4 is 11.3 Å². The van der Waals surface area contributed by atoms with Crippen LogP contribution in [0.15, 0.2) is 27.1 Å². The van der Waals surface area contributed by atoms with Gasteiger partial charge < -0.3 is 5.43 Å². The Balaban J connectivity index is 0.000000336. The van der Waals surface area contributed by atoms with Gasteiger partial charge in [-0.3, -0.25) is 14.9 Å². The van der Waals surface area contributed by atoms with Crippen LogP contribution in [0.25, 0.3) is 0 Å². The Morgan fingerprint density at radius 1 is 1.20 bits per heavy atom. The number of nitrogens with two attached hydrogens (primary N) is 1. The quantitative estimate of drug-likeness (QED) is 0.344. The molecule has 5 N–H and O–H groups in total. The molecular weight excluding hydrogens is 356 g/mol. The van der Waals surface area contributed by atoms with Crippen molar-refractivity contribution < 1.29 is 17.5 Å². The van der Waals surface area contributed by atoms with Gasteiger partial charge in [-0.05, 0) is 44.0 Å². The number of nitrogens with one attached hydrogen (secondary N) is 1. The Bertz CT molecular complexity index is 395. The minimum absolute atomic E-state index is 0.863. The van der Waals surface area contributed by atoms with Gasteiger partial charge in [-0.2, -0.15) is 8.42 Å². The number of benzene rings is 1. The maximum atomic E-state index is 8.74. The van der Waals surface area contributed by atoms with Gasteiger partial charge in [0.15, 0.2) is 0 Å². The summed E-state index contributed by atoms with van der Waals surface area (Å²) in [5.74, 6) is 5.24. The molecule has 1 aromatic rings. The first-order valence-corrected chi connectivity index (χ1v) is 6.34. The molecule has 0 radical (unpaired) electrons. The molecule has 9 heteroatoms. The van der Waals surface area contributed by atoms with Crippen LogP contribution in [0, 0.1) is 0 Å². The lowest BCUT2D eigenvalue weighted by Gasteiger charge is -2.03. The van der Waals surface area contributed by atoms with E-state index in [9.17, 15) is 0 Å². The smallest absolute Gasteiger partial charge is 0.322 e. The van der Waals surface area contributed by atoms with E-state index >= 15 is 0 Å². The molecule has 0 saturated carbocycles. The van der Waals surface area contributed by atoms with Crippen molar-refractivity contribution in [2.75, 3.05) is 5.43 Å². The summed E-state index contributed by atoms with van der Waals surface area (Å²) in [6.45, 7) is 0. The van der Waals surface area contributed by atoms with Crippen LogP contribution in [0.2, 0.25) is 0 Å². The Kier molecular flexibility index (Phi) is 6.32. The number of para-hydroxylation sites is 1. The summed E-state index contributed by atoms with van der Waals surface area (Å²) in [5.41, 5.74) is 3.43. The normalized spacial score (nSPS) is 10.2. The number of hydrogen-bond acceptors (Lipinski definition) is 4. The lowest BCUT2D eigenvalue weighted by atomic mass is 10.3. The molecule has 0 fully saturated rings. The van der Waals surface area contributed by atoms with Gasteiger partial charge >= 0.3 is 10.4 Å². The summed E-state index contributed by atoms with van der Waals surface area (Å²) >= 11 is 6.67. The van der Waals surface area contributed by atoms with E-state index in [1.54, 1.807) is 0 Å². The Labute approximate surface area is 104 Å². The Morgan fingerprint density at radius 3 is 1.73 bits per heavy atom. The summed E-state index contributed by atoms with van der Waals surface area (Å²) in [6.07, 6.45) is 0. The number of hydrogen-bond donors (Lipinski definition) is 4. The standard InChI is InChI=1S/C6H6Br2N2.H2O4S/c7-4-2-1-3-5(8)6(4)10-9;1-5(2,3)4/h1-3,10H,9H2;(H2,1,2,3,4). The van der Waals surface area contributed by atoms with Gasteiger partial charge in [0.2, 0.25) is 0 Å². The SMILES string of the molecule is NNc1c(Br)cccc1Br.O=S(=O)(O)O. The molecule has 1 rings (SSSR count). The van der Waals surface area contributed by atoms with Crippen LogP contribution in [0.5, 0.6) is 0 Å². The van der Waals surface area contributed by atoms with E-state index in [2.05, 4.69) is 37.3 Å². The van der Waals surface area contributed by atoms with Crippen molar-refractivity contribution in [3.05, 3.63) is 27.1 Å². The van der Waals surface area contributed by atoms with E-state index < -0.39 is 10.4 Å². The van der Waals surface area contributed by atoms with Gasteiger partial charge in [-0.15, -0.1) is 0 Å². The molecule has 0 aromatic heterocycles. The molecule has 0 aliphatic heterocycles. The third-order valence-electron chi connectivity index (χ3n) is 1.11. The fourth-order valence-electron chi connectivity index (χ4n) is 0.636. The first kappa shape index (κ1) is 14.8. The topological polar surface area (TPSA) is 113 Å². The number of hydrazine groups is 1. The highest BCUT2D eigenvalue weighted by atomic mass is 79.9. The van der Waals surface area contributed by atoms with E-state index in [0.29, 0.717) is 0 Å². The van der Waals surface area contributed by atoms with Gasteiger partial charge in [0, 0.05) is 8.95 Å². The molecule has 0 bridgehead atoms. The fraction of sp³-hybridized carbons (Fsp3) is 0. The zero-order valence-electron chi connectivity index (χ0n) is 7.18. The van der Waals surface area contributed by atoms with E-state index in [-0.39, 0.29) is 0 Å². The number of anilines is 1. The maximum Gasteiger partial charge on any atom is 0.394 e. The summed E-state index contributed by atoms with van der Waals surface area (Å²) in [7, 11) is -4.67. The van der Waals surface area contributed by atoms with E-state index in [1.807, 2.05) is 18.2 Å². The van der Waals surface area contributed by atoms with Gasteiger partial charge in [0.25, 0.3) is 0 Å². The van der Waals surface area contributed by atoms with Crippen LogP contribution in [0.3, 0.4) is 0 Å². The summed E-state index contributed by atoms with van der Waals surface area (Å²) < 4.78 is 33.5. The molecule has 0 amide bonds. The molecule has 15 heavy (non-hydrogen) atoms. The van der Waals surface area contributed by atoms with Gasteiger partial charge in [0.1, 0.15) is 0 Å². The van der Waals surface area contributed by atoms with Crippen LogP contribution in [0.4, 0.5) is 5.69 Å². The predicted octanol–water partition coefficient (Wildman–Crippen LogP) is 1.84. The maximum absolute atomic E-state index is 8.74. The van der Waals surface area contributed by atoms with Crippen LogP contribution in [0.1, 0.15) is 0 Å². The number of rotatable bonds is 1. The van der Waals surface area contributed by atoms with Crippen LogP contribution in [-0.2, 0) is 10.4 Å². The fourth-order valence-corrected chi connectivity index (χ4v) is 1.86. The molecule has 0 spiro atoms. The largest absolute Gasteiger partial charge is 0.394 e. The van der Waals surface area contributed by atoms with Crippen molar-refractivity contribution in [1.82, 2.24) is 0 Å². The molecule has 0 unspecified atom stereocenters. The number of halogens is 2. The second kappa shape index (κ2) is 6.40.